The standard InChI is InChI=1S/C21H28N4O2/c1-27-12-11-24-10-8-21(20(24)26)7-9-23(17-21)14-19-13-22-25(16-19)15-18-5-3-2-4-6-18/h2-6,13,16H,7-12,14-15,17H2,1H3. The number of aromatic nitrogens is 2. The van der Waals surface area contributed by atoms with Gasteiger partial charge in [-0.2, -0.15) is 5.10 Å². The predicted octanol–water partition coefficient (Wildman–Crippen LogP) is 2.00. The molecule has 0 bridgehead atoms. The topological polar surface area (TPSA) is 50.6 Å². The molecule has 1 spiro atoms. The summed E-state index contributed by atoms with van der Waals surface area (Å²) in [4.78, 5) is 17.2. The van der Waals surface area contributed by atoms with Crippen LogP contribution in [0.15, 0.2) is 42.7 Å². The lowest BCUT2D eigenvalue weighted by molar-refractivity contribution is -0.136. The summed E-state index contributed by atoms with van der Waals surface area (Å²) in [6.07, 6.45) is 6.02. The molecule has 0 aliphatic carbocycles. The van der Waals surface area contributed by atoms with E-state index in [1.807, 2.05) is 21.8 Å². The van der Waals surface area contributed by atoms with Crippen LogP contribution in [0.2, 0.25) is 0 Å². The summed E-state index contributed by atoms with van der Waals surface area (Å²) in [6, 6.07) is 10.4. The average molecular weight is 368 g/mol. The summed E-state index contributed by atoms with van der Waals surface area (Å²) in [5, 5.41) is 4.50. The van der Waals surface area contributed by atoms with Crippen molar-refractivity contribution < 1.29 is 9.53 Å². The third-order valence-corrected chi connectivity index (χ3v) is 5.88. The highest BCUT2D eigenvalue weighted by atomic mass is 16.5. The molecule has 6 nitrogen and oxygen atoms in total. The molecule has 1 amide bonds. The van der Waals surface area contributed by atoms with E-state index >= 15 is 0 Å². The van der Waals surface area contributed by atoms with Gasteiger partial charge in [0.05, 0.1) is 24.8 Å². The Bertz CT molecular complexity index is 775. The number of hydrogen-bond donors (Lipinski definition) is 0. The first-order chi connectivity index (χ1) is 13.2. The molecule has 1 aromatic carbocycles. The second-order valence-electron chi connectivity index (χ2n) is 7.81. The summed E-state index contributed by atoms with van der Waals surface area (Å²) in [5.74, 6) is 0.321. The van der Waals surface area contributed by atoms with Crippen LogP contribution in [0, 0.1) is 5.41 Å². The monoisotopic (exact) mass is 368 g/mol. The van der Waals surface area contributed by atoms with Crippen LogP contribution in [0.5, 0.6) is 0 Å². The maximum Gasteiger partial charge on any atom is 0.230 e. The molecular weight excluding hydrogens is 340 g/mol. The molecule has 2 aliphatic heterocycles. The summed E-state index contributed by atoms with van der Waals surface area (Å²) in [6.45, 7) is 5.69. The van der Waals surface area contributed by atoms with Crippen molar-refractivity contribution in [1.29, 1.82) is 0 Å². The Hall–Kier alpha value is -2.18. The quantitative estimate of drug-likeness (QED) is 0.750. The van der Waals surface area contributed by atoms with Crippen molar-refractivity contribution in [2.75, 3.05) is 39.9 Å². The van der Waals surface area contributed by atoms with Crippen LogP contribution in [0.25, 0.3) is 0 Å². The van der Waals surface area contributed by atoms with Crippen molar-refractivity contribution in [3.05, 3.63) is 53.9 Å². The third kappa shape index (κ3) is 3.92. The zero-order valence-electron chi connectivity index (χ0n) is 16.0. The number of methoxy groups -OCH3 is 1. The molecule has 2 aliphatic rings. The van der Waals surface area contributed by atoms with Crippen LogP contribution in [0.1, 0.15) is 24.0 Å². The summed E-state index contributed by atoms with van der Waals surface area (Å²) in [5.41, 5.74) is 2.29. The Morgan fingerprint density at radius 2 is 1.93 bits per heavy atom. The molecule has 27 heavy (non-hydrogen) atoms. The molecule has 3 heterocycles. The molecule has 1 atom stereocenters. The highest BCUT2D eigenvalue weighted by Gasteiger charge is 2.50. The zero-order chi connectivity index (χ0) is 18.7. The Labute approximate surface area is 160 Å². The van der Waals surface area contributed by atoms with E-state index in [1.165, 1.54) is 11.1 Å². The van der Waals surface area contributed by atoms with E-state index in [0.717, 1.165) is 45.6 Å². The molecule has 1 aromatic heterocycles. The van der Waals surface area contributed by atoms with Gasteiger partial charge in [-0.15, -0.1) is 0 Å². The fourth-order valence-corrected chi connectivity index (χ4v) is 4.38. The average Bonchev–Trinajstić information content (AvgIpc) is 3.37. The second kappa shape index (κ2) is 7.82. The van der Waals surface area contributed by atoms with E-state index in [1.54, 1.807) is 7.11 Å². The van der Waals surface area contributed by atoms with Crippen molar-refractivity contribution in [2.45, 2.75) is 25.9 Å². The van der Waals surface area contributed by atoms with Crippen molar-refractivity contribution in [1.82, 2.24) is 19.6 Å². The Morgan fingerprint density at radius 3 is 2.74 bits per heavy atom. The molecule has 6 heteroatoms. The van der Waals surface area contributed by atoms with Crippen LogP contribution in [0.4, 0.5) is 0 Å². The van der Waals surface area contributed by atoms with Crippen LogP contribution in [0.3, 0.4) is 0 Å². The normalized spacial score (nSPS) is 23.0. The summed E-state index contributed by atoms with van der Waals surface area (Å²) in [7, 11) is 1.69. The van der Waals surface area contributed by atoms with E-state index < -0.39 is 0 Å². The van der Waals surface area contributed by atoms with Crippen molar-refractivity contribution >= 4 is 5.91 Å². The number of hydrogen-bond acceptors (Lipinski definition) is 4. The molecule has 1 unspecified atom stereocenters. The number of amides is 1. The fraction of sp³-hybridized carbons (Fsp3) is 0.524. The van der Waals surface area contributed by atoms with E-state index in [9.17, 15) is 4.79 Å². The van der Waals surface area contributed by atoms with Crippen LogP contribution >= 0.6 is 0 Å². The number of carbonyl (C=O) groups excluding carboxylic acids is 1. The maximum atomic E-state index is 12.9. The van der Waals surface area contributed by atoms with E-state index in [4.69, 9.17) is 4.74 Å². The summed E-state index contributed by atoms with van der Waals surface area (Å²) >= 11 is 0. The first-order valence-corrected chi connectivity index (χ1v) is 9.74. The van der Waals surface area contributed by atoms with Gasteiger partial charge in [0.25, 0.3) is 0 Å². The fourth-order valence-electron chi connectivity index (χ4n) is 4.38. The lowest BCUT2D eigenvalue weighted by Gasteiger charge is -2.23. The first kappa shape index (κ1) is 18.2. The van der Waals surface area contributed by atoms with Crippen molar-refractivity contribution in [3.63, 3.8) is 0 Å². The SMILES string of the molecule is COCCN1CCC2(CCN(Cc3cnn(Cc4ccccc4)c3)C2)C1=O. The number of benzene rings is 1. The Kier molecular flexibility index (Phi) is 5.27. The van der Waals surface area contributed by atoms with E-state index in [0.29, 0.717) is 19.1 Å². The third-order valence-electron chi connectivity index (χ3n) is 5.88. The van der Waals surface area contributed by atoms with E-state index in [2.05, 4.69) is 40.5 Å². The van der Waals surface area contributed by atoms with Gasteiger partial charge < -0.3 is 9.64 Å². The molecule has 2 saturated heterocycles. The number of carbonyl (C=O) groups is 1. The summed E-state index contributed by atoms with van der Waals surface area (Å²) < 4.78 is 7.12. The van der Waals surface area contributed by atoms with Gasteiger partial charge in [0.1, 0.15) is 0 Å². The largest absolute Gasteiger partial charge is 0.383 e. The van der Waals surface area contributed by atoms with Crippen molar-refractivity contribution in [2.24, 2.45) is 5.41 Å². The Balaban J connectivity index is 1.33. The van der Waals surface area contributed by atoms with E-state index in [-0.39, 0.29) is 5.41 Å². The van der Waals surface area contributed by atoms with Gasteiger partial charge in [0, 0.05) is 45.0 Å². The first-order valence-electron chi connectivity index (χ1n) is 9.74. The number of nitrogens with zero attached hydrogens (tertiary/aromatic N) is 4. The molecule has 0 saturated carbocycles. The maximum absolute atomic E-state index is 12.9. The van der Waals surface area contributed by atoms with Gasteiger partial charge in [0.2, 0.25) is 5.91 Å². The van der Waals surface area contributed by atoms with Gasteiger partial charge in [-0.3, -0.25) is 14.4 Å². The molecule has 2 fully saturated rings. The van der Waals surface area contributed by atoms with Crippen molar-refractivity contribution in [3.8, 4) is 0 Å². The highest BCUT2D eigenvalue weighted by molar-refractivity contribution is 5.85. The molecular formula is C21H28N4O2. The molecule has 0 radical (unpaired) electrons. The van der Waals surface area contributed by atoms with Gasteiger partial charge in [0.15, 0.2) is 0 Å². The minimum absolute atomic E-state index is 0.173. The van der Waals surface area contributed by atoms with Crippen LogP contribution in [-0.4, -0.2) is 65.4 Å². The van der Waals surface area contributed by atoms with Gasteiger partial charge >= 0.3 is 0 Å². The van der Waals surface area contributed by atoms with Crippen LogP contribution < -0.4 is 0 Å². The Morgan fingerprint density at radius 1 is 1.11 bits per heavy atom. The molecule has 4 rings (SSSR count). The highest BCUT2D eigenvalue weighted by Crippen LogP contribution is 2.40. The number of likely N-dealkylation sites (tertiary alicyclic amines) is 2. The number of ether oxygens (including phenoxy) is 1. The van der Waals surface area contributed by atoms with Gasteiger partial charge in [-0.1, -0.05) is 30.3 Å². The number of rotatable bonds is 7. The van der Waals surface area contributed by atoms with Crippen LogP contribution in [-0.2, 0) is 22.6 Å². The lowest BCUT2D eigenvalue weighted by Crippen LogP contribution is -2.38. The molecule has 144 valence electrons. The van der Waals surface area contributed by atoms with Gasteiger partial charge in [-0.25, -0.2) is 0 Å². The predicted molar refractivity (Wildman–Crippen MR) is 103 cm³/mol. The second-order valence-corrected chi connectivity index (χ2v) is 7.81. The molecule has 2 aromatic rings. The minimum atomic E-state index is -0.173. The molecule has 0 N–H and O–H groups in total. The minimum Gasteiger partial charge on any atom is -0.383 e. The lowest BCUT2D eigenvalue weighted by atomic mass is 9.85. The zero-order valence-corrected chi connectivity index (χ0v) is 16.0. The van der Waals surface area contributed by atoms with Gasteiger partial charge in [-0.05, 0) is 24.9 Å². The smallest absolute Gasteiger partial charge is 0.230 e.